The highest BCUT2D eigenvalue weighted by atomic mass is 16.6. The number of carbonyl (C=O) groups excluding carboxylic acids is 5. The monoisotopic (exact) mass is 642 g/mol. The van der Waals surface area contributed by atoms with Crippen molar-refractivity contribution in [2.75, 3.05) is 14.2 Å². The fourth-order valence-electron chi connectivity index (χ4n) is 5.36. The Balaban J connectivity index is 0.000000450. The summed E-state index contributed by atoms with van der Waals surface area (Å²) in [4.78, 5) is 67.7. The quantitative estimate of drug-likeness (QED) is 0.0672. The van der Waals surface area contributed by atoms with E-state index in [0.717, 1.165) is 96.2 Å². The van der Waals surface area contributed by atoms with Gasteiger partial charge in [-0.3, -0.25) is 4.79 Å². The molecule has 2 fully saturated rings. The second kappa shape index (κ2) is 24.9. The predicted octanol–water partition coefficient (Wildman–Crippen LogP) is 5.36. The van der Waals surface area contributed by atoms with Crippen LogP contribution in [0.25, 0.3) is 0 Å². The second-order valence-corrected chi connectivity index (χ2v) is 11.6. The van der Waals surface area contributed by atoms with Gasteiger partial charge >= 0.3 is 30.1 Å². The van der Waals surface area contributed by atoms with Crippen LogP contribution in [0.4, 0.5) is 9.59 Å². The summed E-state index contributed by atoms with van der Waals surface area (Å²) in [6.07, 6.45) is 15.7. The van der Waals surface area contributed by atoms with Crippen molar-refractivity contribution in [3.8, 4) is 0 Å². The van der Waals surface area contributed by atoms with Gasteiger partial charge in [0, 0.05) is 12.8 Å². The molecule has 0 aliphatic heterocycles. The van der Waals surface area contributed by atoms with Gasteiger partial charge < -0.3 is 39.5 Å². The number of ether oxygens (including phenoxy) is 4. The molecule has 0 saturated heterocycles. The molecule has 2 aliphatic rings. The van der Waals surface area contributed by atoms with E-state index in [2.05, 4.69) is 10.6 Å². The first-order chi connectivity index (χ1) is 21.7. The molecule has 13 nitrogen and oxygen atoms in total. The Bertz CT molecular complexity index is 886. The Labute approximate surface area is 266 Å². The number of carbonyl (C=O) groups is 6. The maximum Gasteiger partial charge on any atom is 0.408 e. The maximum atomic E-state index is 11.8. The van der Waals surface area contributed by atoms with Crippen LogP contribution >= 0.6 is 0 Å². The lowest BCUT2D eigenvalue weighted by molar-refractivity contribution is -0.144. The van der Waals surface area contributed by atoms with E-state index in [4.69, 9.17) is 24.1 Å². The molecule has 2 aliphatic carbocycles. The van der Waals surface area contributed by atoms with Crippen LogP contribution in [0.2, 0.25) is 0 Å². The number of aldehydes is 1. The summed E-state index contributed by atoms with van der Waals surface area (Å²) in [6, 6.07) is -1.38. The lowest BCUT2D eigenvalue weighted by Crippen LogP contribution is -2.42. The molecule has 0 spiro atoms. The van der Waals surface area contributed by atoms with Gasteiger partial charge in [-0.1, -0.05) is 38.5 Å². The molecule has 45 heavy (non-hydrogen) atoms. The molecule has 2 amide bonds. The fraction of sp³-hybridized carbons (Fsp3) is 0.812. The molecule has 0 heterocycles. The topological polar surface area (TPSA) is 184 Å². The summed E-state index contributed by atoms with van der Waals surface area (Å²) in [6.45, 7) is 0. The average Bonchev–Trinajstić information content (AvgIpc) is 3.73. The number of carboxylic acids is 1. The van der Waals surface area contributed by atoms with Gasteiger partial charge in [-0.2, -0.15) is 0 Å². The van der Waals surface area contributed by atoms with Crippen molar-refractivity contribution < 1.29 is 52.8 Å². The van der Waals surface area contributed by atoms with Crippen LogP contribution in [0.5, 0.6) is 0 Å². The Hall–Kier alpha value is -3.38. The SMILES string of the molecule is COC(=O)[C@H](CCCCCCC(=O)O)NC(=O)OC1CCCC1.COC(=O)[C@H](CCCCCCC=O)NC(=O)OC1CCCC1. The van der Waals surface area contributed by atoms with Gasteiger partial charge in [-0.25, -0.2) is 19.2 Å². The first kappa shape index (κ1) is 39.6. The van der Waals surface area contributed by atoms with Gasteiger partial charge in [0.2, 0.25) is 0 Å². The third-order valence-electron chi connectivity index (χ3n) is 7.91. The minimum atomic E-state index is -0.797. The summed E-state index contributed by atoms with van der Waals surface area (Å²) in [5.74, 6) is -1.73. The largest absolute Gasteiger partial charge is 0.481 e. The molecular formula is C32H54N2O11. The van der Waals surface area contributed by atoms with E-state index in [0.29, 0.717) is 32.1 Å². The van der Waals surface area contributed by atoms with Crippen molar-refractivity contribution >= 4 is 36.4 Å². The molecular weight excluding hydrogens is 588 g/mol. The third kappa shape index (κ3) is 19.6. The highest BCUT2D eigenvalue weighted by Crippen LogP contribution is 2.22. The smallest absolute Gasteiger partial charge is 0.408 e. The Kier molecular flexibility index (Phi) is 21.9. The summed E-state index contributed by atoms with van der Waals surface area (Å²) in [5.41, 5.74) is 0. The summed E-state index contributed by atoms with van der Waals surface area (Å²) >= 11 is 0. The Morgan fingerprint density at radius 3 is 1.44 bits per heavy atom. The zero-order valence-electron chi connectivity index (χ0n) is 27.1. The van der Waals surface area contributed by atoms with Crippen molar-refractivity contribution in [2.45, 2.75) is 153 Å². The Morgan fingerprint density at radius 1 is 0.667 bits per heavy atom. The van der Waals surface area contributed by atoms with Gasteiger partial charge in [0.25, 0.3) is 0 Å². The predicted molar refractivity (Wildman–Crippen MR) is 164 cm³/mol. The number of amides is 2. The van der Waals surface area contributed by atoms with E-state index in [-0.39, 0.29) is 18.6 Å². The van der Waals surface area contributed by atoms with E-state index in [1.807, 2.05) is 0 Å². The normalized spacial score (nSPS) is 16.0. The van der Waals surface area contributed by atoms with Crippen LogP contribution in [0.3, 0.4) is 0 Å². The lowest BCUT2D eigenvalue weighted by atomic mass is 10.1. The molecule has 0 unspecified atom stereocenters. The number of esters is 2. The molecule has 0 bridgehead atoms. The first-order valence-electron chi connectivity index (χ1n) is 16.5. The molecule has 0 aromatic carbocycles. The number of nitrogens with one attached hydrogen (secondary N) is 2. The number of alkyl carbamates (subject to hydrolysis) is 2. The van der Waals surface area contributed by atoms with Crippen LogP contribution in [-0.4, -0.2) is 80.0 Å². The zero-order valence-corrected chi connectivity index (χ0v) is 27.1. The maximum absolute atomic E-state index is 11.8. The highest BCUT2D eigenvalue weighted by Gasteiger charge is 2.26. The van der Waals surface area contributed by atoms with Crippen LogP contribution in [0.1, 0.15) is 128 Å². The number of rotatable bonds is 20. The van der Waals surface area contributed by atoms with Crippen LogP contribution in [0, 0.1) is 0 Å². The molecule has 0 radical (unpaired) electrons. The van der Waals surface area contributed by atoms with Crippen molar-refractivity contribution in [1.29, 1.82) is 0 Å². The van der Waals surface area contributed by atoms with E-state index in [1.165, 1.54) is 14.2 Å². The molecule has 3 N–H and O–H groups in total. The van der Waals surface area contributed by atoms with Crippen LogP contribution in [-0.2, 0) is 38.1 Å². The van der Waals surface area contributed by atoms with Gasteiger partial charge in [-0.05, 0) is 77.0 Å². The fourth-order valence-corrected chi connectivity index (χ4v) is 5.36. The summed E-state index contributed by atoms with van der Waals surface area (Å²) in [7, 11) is 2.59. The number of hydrogen-bond donors (Lipinski definition) is 3. The minimum absolute atomic E-state index is 0.0263. The van der Waals surface area contributed by atoms with Crippen molar-refractivity contribution in [1.82, 2.24) is 10.6 Å². The molecule has 0 aromatic heterocycles. The number of methoxy groups -OCH3 is 2. The highest BCUT2D eigenvalue weighted by molar-refractivity contribution is 5.81. The number of aliphatic carboxylic acids is 1. The van der Waals surface area contributed by atoms with Crippen LogP contribution < -0.4 is 10.6 Å². The van der Waals surface area contributed by atoms with Crippen molar-refractivity contribution in [3.63, 3.8) is 0 Å². The van der Waals surface area contributed by atoms with Gasteiger partial charge in [0.1, 0.15) is 30.6 Å². The van der Waals surface area contributed by atoms with Crippen molar-refractivity contribution in [3.05, 3.63) is 0 Å². The number of unbranched alkanes of at least 4 members (excludes halogenated alkanes) is 7. The summed E-state index contributed by atoms with van der Waals surface area (Å²) in [5, 5.41) is 13.7. The number of carboxylic acid groups (broad SMARTS) is 1. The molecule has 2 atom stereocenters. The van der Waals surface area contributed by atoms with Gasteiger partial charge in [0.15, 0.2) is 0 Å². The van der Waals surface area contributed by atoms with E-state index >= 15 is 0 Å². The minimum Gasteiger partial charge on any atom is -0.481 e. The third-order valence-corrected chi connectivity index (χ3v) is 7.91. The number of hydrogen-bond acceptors (Lipinski definition) is 10. The molecule has 2 rings (SSSR count). The van der Waals surface area contributed by atoms with Crippen molar-refractivity contribution in [2.24, 2.45) is 0 Å². The van der Waals surface area contributed by atoms with E-state index in [1.54, 1.807) is 0 Å². The van der Waals surface area contributed by atoms with Gasteiger partial charge in [0.05, 0.1) is 14.2 Å². The molecule has 258 valence electrons. The van der Waals surface area contributed by atoms with Gasteiger partial charge in [-0.15, -0.1) is 0 Å². The zero-order chi connectivity index (χ0) is 33.3. The average molecular weight is 643 g/mol. The standard InChI is InChI=1S/C16H27NO6.C16H27NO5/c1-22-15(20)13(10-4-2-3-5-11-14(18)19)17-16(21)23-12-8-6-7-9-12;1-21-15(19)14(11-5-3-2-4-8-12-18)17-16(20)22-13-9-6-7-10-13/h12-13H,2-11H2,1H3,(H,17,21)(H,18,19);12-14H,2-11H2,1H3,(H,17,20)/t13-;14-/m00/s1. The molecule has 2 saturated carbocycles. The lowest BCUT2D eigenvalue weighted by Gasteiger charge is -2.18. The Morgan fingerprint density at radius 2 is 1.07 bits per heavy atom. The molecule has 0 aromatic rings. The summed E-state index contributed by atoms with van der Waals surface area (Å²) < 4.78 is 20.0. The van der Waals surface area contributed by atoms with E-state index < -0.39 is 42.2 Å². The first-order valence-corrected chi connectivity index (χ1v) is 16.5. The molecule has 13 heteroatoms. The van der Waals surface area contributed by atoms with E-state index in [9.17, 15) is 28.8 Å². The second-order valence-electron chi connectivity index (χ2n) is 11.6. The van der Waals surface area contributed by atoms with Crippen LogP contribution in [0.15, 0.2) is 0 Å².